The maximum atomic E-state index is 12.0. The second-order valence-electron chi connectivity index (χ2n) is 6.99. The molecule has 1 fully saturated rings. The molecule has 2 aliphatic rings. The lowest BCUT2D eigenvalue weighted by Gasteiger charge is -2.14. The van der Waals surface area contributed by atoms with Crippen molar-refractivity contribution in [2.75, 3.05) is 11.1 Å². The van der Waals surface area contributed by atoms with Crippen LogP contribution in [0.3, 0.4) is 0 Å². The highest BCUT2D eigenvalue weighted by molar-refractivity contribution is 8.13. The summed E-state index contributed by atoms with van der Waals surface area (Å²) in [4.78, 5) is 17.8. The van der Waals surface area contributed by atoms with Crippen LogP contribution in [0.15, 0.2) is 24.3 Å². The minimum atomic E-state index is -0.0629. The van der Waals surface area contributed by atoms with Crippen molar-refractivity contribution in [2.24, 2.45) is 0 Å². The van der Waals surface area contributed by atoms with Gasteiger partial charge in [0.15, 0.2) is 5.13 Å². The zero-order valence-corrected chi connectivity index (χ0v) is 17.8. The lowest BCUT2D eigenvalue weighted by atomic mass is 9.96. The molecular weight excluding hydrogens is 412 g/mol. The van der Waals surface area contributed by atoms with Crippen LogP contribution in [-0.2, 0) is 12.8 Å². The molecule has 0 radical (unpaired) electrons. The minimum Gasteiger partial charge on any atom is -0.293 e. The van der Waals surface area contributed by atoms with E-state index in [1.54, 1.807) is 0 Å². The fraction of sp³-hybridized carbons (Fsp3) is 0.350. The Labute approximate surface area is 176 Å². The van der Waals surface area contributed by atoms with Crippen LogP contribution >= 0.6 is 34.7 Å². The van der Waals surface area contributed by atoms with E-state index in [4.69, 9.17) is 21.7 Å². The molecule has 2 aliphatic carbocycles. The third-order valence-corrected chi connectivity index (χ3v) is 7.06. The van der Waals surface area contributed by atoms with E-state index in [-0.39, 0.29) is 5.24 Å². The van der Waals surface area contributed by atoms with Gasteiger partial charge in [0.1, 0.15) is 0 Å². The molecule has 0 spiro atoms. The molecule has 1 saturated carbocycles. The maximum absolute atomic E-state index is 12.0. The Morgan fingerprint density at radius 1 is 1.36 bits per heavy atom. The summed E-state index contributed by atoms with van der Waals surface area (Å²) in [6.45, 7) is 1.96. The Balaban J connectivity index is 1.63. The van der Waals surface area contributed by atoms with Crippen LogP contribution in [0, 0.1) is 0 Å². The number of thiazole rings is 1. The van der Waals surface area contributed by atoms with E-state index in [0.29, 0.717) is 16.1 Å². The molecule has 28 heavy (non-hydrogen) atoms. The summed E-state index contributed by atoms with van der Waals surface area (Å²) >= 11 is 9.30. The molecule has 1 aromatic carbocycles. The average Bonchev–Trinajstić information content (AvgIpc) is 3.32. The van der Waals surface area contributed by atoms with Gasteiger partial charge in [0, 0.05) is 11.5 Å². The molecule has 8 heteroatoms. The molecule has 2 heterocycles. The van der Waals surface area contributed by atoms with Gasteiger partial charge in [0.25, 0.3) is 5.24 Å². The number of aromatic nitrogens is 3. The van der Waals surface area contributed by atoms with Gasteiger partial charge in [-0.05, 0) is 43.6 Å². The summed E-state index contributed by atoms with van der Waals surface area (Å²) < 4.78 is 1.99. The van der Waals surface area contributed by atoms with Gasteiger partial charge < -0.3 is 0 Å². The second kappa shape index (κ2) is 7.21. The van der Waals surface area contributed by atoms with Gasteiger partial charge >= 0.3 is 0 Å². The van der Waals surface area contributed by atoms with Gasteiger partial charge in [0.05, 0.1) is 32.7 Å². The monoisotopic (exact) mass is 430 g/mol. The highest BCUT2D eigenvalue weighted by Crippen LogP contribution is 2.48. The second-order valence-corrected chi connectivity index (χ2v) is 9.63. The number of thioether (sulfide) groups is 1. The summed E-state index contributed by atoms with van der Waals surface area (Å²) in [6, 6.07) is 7.81. The number of nitrogens with zero attached hydrogens (tertiary/aromatic N) is 3. The van der Waals surface area contributed by atoms with E-state index < -0.39 is 0 Å². The third kappa shape index (κ3) is 3.15. The molecule has 1 N–H and O–H groups in total. The van der Waals surface area contributed by atoms with Gasteiger partial charge in [-0.15, -0.1) is 0 Å². The zero-order chi connectivity index (χ0) is 19.3. The minimum absolute atomic E-state index is 0.0629. The molecule has 5 nitrogen and oxygen atoms in total. The molecule has 144 valence electrons. The Kier molecular flexibility index (Phi) is 4.69. The van der Waals surface area contributed by atoms with E-state index in [1.807, 2.05) is 35.9 Å². The fourth-order valence-electron chi connectivity index (χ4n) is 3.69. The van der Waals surface area contributed by atoms with Gasteiger partial charge in [-0.1, -0.05) is 53.8 Å². The van der Waals surface area contributed by atoms with E-state index >= 15 is 0 Å². The lowest BCUT2D eigenvalue weighted by Crippen LogP contribution is -2.07. The van der Waals surface area contributed by atoms with Crippen LogP contribution in [-0.4, -0.2) is 25.8 Å². The van der Waals surface area contributed by atoms with E-state index in [1.165, 1.54) is 47.2 Å². The molecule has 0 bridgehead atoms. The number of para-hydroxylation sites is 1. The Hall–Kier alpha value is -1.83. The molecular formula is C20H19ClN4OS2. The molecule has 0 unspecified atom stereocenters. The van der Waals surface area contributed by atoms with Crippen LogP contribution in [0.4, 0.5) is 9.93 Å². The van der Waals surface area contributed by atoms with Gasteiger partial charge in [-0.25, -0.2) is 9.67 Å². The van der Waals surface area contributed by atoms with Gasteiger partial charge in [-0.2, -0.15) is 5.10 Å². The molecule has 0 saturated heterocycles. The summed E-state index contributed by atoms with van der Waals surface area (Å²) in [5.41, 5.74) is 5.54. The molecule has 2 aromatic heterocycles. The smallest absolute Gasteiger partial charge is 0.285 e. The normalized spacial score (nSPS) is 15.2. The quantitative estimate of drug-likeness (QED) is 0.558. The first-order valence-corrected chi connectivity index (χ1v) is 11.6. The lowest BCUT2D eigenvalue weighted by molar-refractivity contribution is 0.270. The zero-order valence-electron chi connectivity index (χ0n) is 15.4. The van der Waals surface area contributed by atoms with Crippen molar-refractivity contribution in [1.29, 1.82) is 0 Å². The number of carbonyl (C=O) groups is 1. The first-order chi connectivity index (χ1) is 13.7. The van der Waals surface area contributed by atoms with Gasteiger partial charge in [0.2, 0.25) is 0 Å². The number of aryl methyl sites for hydroxylation is 1. The number of carbonyl (C=O) groups excluding carboxylic acids is 1. The summed E-state index contributed by atoms with van der Waals surface area (Å²) in [6.07, 6.45) is 4.22. The molecule has 3 aromatic rings. The van der Waals surface area contributed by atoms with Crippen molar-refractivity contribution in [2.45, 2.75) is 38.5 Å². The number of anilines is 1. The average molecular weight is 431 g/mol. The van der Waals surface area contributed by atoms with Crippen LogP contribution < -0.4 is 5.32 Å². The summed E-state index contributed by atoms with van der Waals surface area (Å²) in [7, 11) is 0. The highest BCUT2D eigenvalue weighted by atomic mass is 35.5. The maximum Gasteiger partial charge on any atom is 0.285 e. The van der Waals surface area contributed by atoms with Crippen LogP contribution in [0.2, 0.25) is 5.02 Å². The van der Waals surface area contributed by atoms with Crippen molar-refractivity contribution < 1.29 is 4.79 Å². The van der Waals surface area contributed by atoms with Crippen molar-refractivity contribution in [1.82, 2.24) is 14.8 Å². The largest absolute Gasteiger partial charge is 0.293 e. The van der Waals surface area contributed by atoms with E-state index in [2.05, 4.69) is 5.32 Å². The van der Waals surface area contributed by atoms with Crippen molar-refractivity contribution in [3.05, 3.63) is 46.2 Å². The van der Waals surface area contributed by atoms with Gasteiger partial charge in [-0.3, -0.25) is 10.1 Å². The Morgan fingerprint density at radius 2 is 2.18 bits per heavy atom. The number of nitrogens with one attached hydrogen (secondary N) is 1. The van der Waals surface area contributed by atoms with E-state index in [9.17, 15) is 4.79 Å². The summed E-state index contributed by atoms with van der Waals surface area (Å²) in [5.74, 6) is 1.30. The van der Waals surface area contributed by atoms with Crippen LogP contribution in [0.5, 0.6) is 0 Å². The Bertz CT molecular complexity index is 1070. The number of rotatable bonds is 4. The third-order valence-electron chi connectivity index (χ3n) is 5.07. The first kappa shape index (κ1) is 18.2. The molecule has 1 amide bonds. The van der Waals surface area contributed by atoms with Crippen LogP contribution in [0.1, 0.15) is 42.6 Å². The van der Waals surface area contributed by atoms with Crippen molar-refractivity contribution in [3.63, 3.8) is 0 Å². The molecule has 0 aliphatic heterocycles. The predicted molar refractivity (Wildman–Crippen MR) is 116 cm³/mol. The van der Waals surface area contributed by atoms with Crippen LogP contribution in [0.25, 0.3) is 16.3 Å². The van der Waals surface area contributed by atoms with Crippen molar-refractivity contribution >= 4 is 45.1 Å². The Morgan fingerprint density at radius 3 is 2.93 bits per heavy atom. The predicted octanol–water partition coefficient (Wildman–Crippen LogP) is 5.91. The molecule has 5 rings (SSSR count). The topological polar surface area (TPSA) is 59.8 Å². The first-order valence-electron chi connectivity index (χ1n) is 9.46. The SMILES string of the molecule is CCSC(=O)Nc1nc2c(s1)-c1c(c(C3CC3)nn1-c1ccccc1Cl)CC2. The van der Waals surface area contributed by atoms with E-state index in [0.717, 1.165) is 40.5 Å². The number of hydrogen-bond donors (Lipinski definition) is 1. The standard InChI is InChI=1S/C20H19ClN4OS2/c1-2-27-20(26)23-19-22-14-10-9-12-16(11-7-8-11)24-25(17(12)18(14)28-19)15-6-4-3-5-13(15)21/h3-6,11H,2,7-10H2,1H3,(H,22,23,26). The summed E-state index contributed by atoms with van der Waals surface area (Å²) in [5, 5.41) is 9.20. The van der Waals surface area contributed by atoms with Crippen molar-refractivity contribution in [3.8, 4) is 16.3 Å². The number of benzene rings is 1. The number of fused-ring (bicyclic) bond motifs is 3. The number of amides is 1. The fourth-order valence-corrected chi connectivity index (χ4v) is 5.46. The number of halogens is 1. The molecule has 0 atom stereocenters. The number of hydrogen-bond acceptors (Lipinski definition) is 5. The highest BCUT2D eigenvalue weighted by Gasteiger charge is 2.36.